The van der Waals surface area contributed by atoms with Crippen LogP contribution >= 0.6 is 11.8 Å². The van der Waals surface area contributed by atoms with E-state index in [4.69, 9.17) is 0 Å². The number of amides is 2. The van der Waals surface area contributed by atoms with Crippen LogP contribution in [0.4, 0.5) is 0 Å². The SMILES string of the molecule is Cc1ccc(CN(C(=O)CSc2ccccc2)[C@H](Cc2ccccc2)C(=O)NC(C)C)cc1. The average molecular weight is 461 g/mol. The van der Waals surface area contributed by atoms with Crippen LogP contribution in [0.2, 0.25) is 0 Å². The van der Waals surface area contributed by atoms with Gasteiger partial charge in [-0.05, 0) is 44.0 Å². The number of carbonyl (C=O) groups is 2. The molecule has 5 heteroatoms. The van der Waals surface area contributed by atoms with Crippen LogP contribution in [0, 0.1) is 6.92 Å². The summed E-state index contributed by atoms with van der Waals surface area (Å²) in [5, 5.41) is 3.03. The van der Waals surface area contributed by atoms with Gasteiger partial charge in [0.15, 0.2) is 0 Å². The Morgan fingerprint density at radius 2 is 1.45 bits per heavy atom. The topological polar surface area (TPSA) is 49.4 Å². The summed E-state index contributed by atoms with van der Waals surface area (Å²) in [7, 11) is 0. The van der Waals surface area contributed by atoms with Gasteiger partial charge in [-0.3, -0.25) is 9.59 Å². The van der Waals surface area contributed by atoms with Gasteiger partial charge < -0.3 is 10.2 Å². The molecule has 0 radical (unpaired) electrons. The Labute approximate surface area is 201 Å². The minimum atomic E-state index is -0.597. The Hall–Kier alpha value is -3.05. The number of rotatable bonds is 10. The van der Waals surface area contributed by atoms with Gasteiger partial charge in [-0.25, -0.2) is 0 Å². The highest BCUT2D eigenvalue weighted by Crippen LogP contribution is 2.21. The molecule has 0 heterocycles. The van der Waals surface area contributed by atoms with E-state index in [1.165, 1.54) is 11.8 Å². The minimum absolute atomic E-state index is 0.00852. The van der Waals surface area contributed by atoms with Crippen LogP contribution in [-0.4, -0.2) is 34.6 Å². The summed E-state index contributed by atoms with van der Waals surface area (Å²) in [6.07, 6.45) is 0.465. The summed E-state index contributed by atoms with van der Waals surface area (Å²) in [6.45, 7) is 6.30. The highest BCUT2D eigenvalue weighted by molar-refractivity contribution is 8.00. The minimum Gasteiger partial charge on any atom is -0.352 e. The Bertz CT molecular complexity index is 1020. The van der Waals surface area contributed by atoms with Crippen molar-refractivity contribution in [3.8, 4) is 0 Å². The van der Waals surface area contributed by atoms with E-state index in [1.54, 1.807) is 4.90 Å². The lowest BCUT2D eigenvalue weighted by molar-refractivity contribution is -0.139. The number of carbonyl (C=O) groups excluding carboxylic acids is 2. The largest absolute Gasteiger partial charge is 0.352 e. The van der Waals surface area contributed by atoms with Crippen molar-refractivity contribution in [2.45, 2.75) is 50.7 Å². The number of nitrogens with one attached hydrogen (secondary N) is 1. The molecular weight excluding hydrogens is 428 g/mol. The van der Waals surface area contributed by atoms with Crippen LogP contribution < -0.4 is 5.32 Å². The van der Waals surface area contributed by atoms with Crippen molar-refractivity contribution in [2.24, 2.45) is 0 Å². The molecule has 1 atom stereocenters. The summed E-state index contributed by atoms with van der Waals surface area (Å²) >= 11 is 1.50. The highest BCUT2D eigenvalue weighted by atomic mass is 32.2. The van der Waals surface area contributed by atoms with Crippen molar-refractivity contribution in [3.05, 3.63) is 102 Å². The molecule has 0 aliphatic heterocycles. The molecule has 172 valence electrons. The molecule has 0 aliphatic carbocycles. The summed E-state index contributed by atoms with van der Waals surface area (Å²) in [5.74, 6) is 0.0964. The van der Waals surface area contributed by atoms with E-state index in [0.29, 0.717) is 13.0 Å². The first-order valence-corrected chi connectivity index (χ1v) is 12.3. The van der Waals surface area contributed by atoms with Crippen molar-refractivity contribution in [2.75, 3.05) is 5.75 Å². The van der Waals surface area contributed by atoms with Gasteiger partial charge in [0.2, 0.25) is 11.8 Å². The molecule has 1 N–H and O–H groups in total. The third-order valence-electron chi connectivity index (χ3n) is 5.28. The van der Waals surface area contributed by atoms with Gasteiger partial charge in [-0.2, -0.15) is 0 Å². The van der Waals surface area contributed by atoms with Gasteiger partial charge in [0, 0.05) is 23.9 Å². The number of aryl methyl sites for hydroxylation is 1. The molecule has 0 saturated heterocycles. The van der Waals surface area contributed by atoms with Crippen molar-refractivity contribution in [1.82, 2.24) is 10.2 Å². The lowest BCUT2D eigenvalue weighted by Crippen LogP contribution is -2.52. The molecule has 4 nitrogen and oxygen atoms in total. The van der Waals surface area contributed by atoms with Crippen LogP contribution in [0.1, 0.15) is 30.5 Å². The fourth-order valence-electron chi connectivity index (χ4n) is 3.57. The van der Waals surface area contributed by atoms with Crippen LogP contribution in [0.25, 0.3) is 0 Å². The van der Waals surface area contributed by atoms with E-state index < -0.39 is 6.04 Å². The summed E-state index contributed by atoms with van der Waals surface area (Å²) in [4.78, 5) is 29.6. The van der Waals surface area contributed by atoms with Gasteiger partial charge in [0.05, 0.1) is 5.75 Å². The van der Waals surface area contributed by atoms with E-state index in [-0.39, 0.29) is 23.6 Å². The molecule has 3 aromatic rings. The second kappa shape index (κ2) is 12.3. The molecular formula is C28H32N2O2S. The predicted molar refractivity (Wildman–Crippen MR) is 136 cm³/mol. The standard InChI is InChI=1S/C28H32N2O2S/c1-21(2)29-28(32)26(18-23-10-6-4-7-11-23)30(19-24-16-14-22(3)15-17-24)27(31)20-33-25-12-8-5-9-13-25/h4-17,21,26H,18-20H2,1-3H3,(H,29,32)/t26-/m1/s1. The van der Waals surface area contributed by atoms with E-state index >= 15 is 0 Å². The van der Waals surface area contributed by atoms with Crippen molar-refractivity contribution < 1.29 is 9.59 Å². The van der Waals surface area contributed by atoms with Crippen LogP contribution in [-0.2, 0) is 22.6 Å². The predicted octanol–water partition coefficient (Wildman–Crippen LogP) is 5.25. The summed E-state index contributed by atoms with van der Waals surface area (Å²) in [5.41, 5.74) is 3.20. The zero-order valence-corrected chi connectivity index (χ0v) is 20.3. The van der Waals surface area contributed by atoms with Crippen LogP contribution in [0.5, 0.6) is 0 Å². The number of thioether (sulfide) groups is 1. The van der Waals surface area contributed by atoms with E-state index in [9.17, 15) is 9.59 Å². The van der Waals surface area contributed by atoms with E-state index in [0.717, 1.165) is 21.6 Å². The van der Waals surface area contributed by atoms with E-state index in [2.05, 4.69) is 5.32 Å². The average Bonchev–Trinajstić information content (AvgIpc) is 2.82. The first kappa shape index (κ1) is 24.6. The number of hydrogen-bond donors (Lipinski definition) is 1. The molecule has 0 aromatic heterocycles. The van der Waals surface area contributed by atoms with E-state index in [1.807, 2.05) is 106 Å². The lowest BCUT2D eigenvalue weighted by atomic mass is 10.0. The molecule has 2 amide bonds. The maximum Gasteiger partial charge on any atom is 0.243 e. The Morgan fingerprint density at radius 1 is 0.848 bits per heavy atom. The fraction of sp³-hybridized carbons (Fsp3) is 0.286. The molecule has 33 heavy (non-hydrogen) atoms. The van der Waals surface area contributed by atoms with Crippen molar-refractivity contribution in [1.29, 1.82) is 0 Å². The van der Waals surface area contributed by atoms with Gasteiger partial charge >= 0.3 is 0 Å². The molecule has 3 rings (SSSR count). The molecule has 0 aliphatic rings. The Kier molecular flexibility index (Phi) is 9.14. The third-order valence-corrected chi connectivity index (χ3v) is 6.28. The highest BCUT2D eigenvalue weighted by Gasteiger charge is 2.30. The van der Waals surface area contributed by atoms with Crippen molar-refractivity contribution in [3.63, 3.8) is 0 Å². The monoisotopic (exact) mass is 460 g/mol. The van der Waals surface area contributed by atoms with Gasteiger partial charge in [-0.1, -0.05) is 78.4 Å². The normalized spacial score (nSPS) is 11.8. The third kappa shape index (κ3) is 7.79. The number of benzene rings is 3. The first-order chi connectivity index (χ1) is 15.9. The van der Waals surface area contributed by atoms with Gasteiger partial charge in [-0.15, -0.1) is 11.8 Å². The van der Waals surface area contributed by atoms with Gasteiger partial charge in [0.1, 0.15) is 6.04 Å². The quantitative estimate of drug-likeness (QED) is 0.420. The first-order valence-electron chi connectivity index (χ1n) is 11.3. The van der Waals surface area contributed by atoms with Crippen LogP contribution in [0.15, 0.2) is 89.8 Å². The zero-order chi connectivity index (χ0) is 23.6. The van der Waals surface area contributed by atoms with Gasteiger partial charge in [0.25, 0.3) is 0 Å². The Balaban J connectivity index is 1.89. The second-order valence-electron chi connectivity index (χ2n) is 8.48. The Morgan fingerprint density at radius 3 is 2.06 bits per heavy atom. The smallest absolute Gasteiger partial charge is 0.243 e. The zero-order valence-electron chi connectivity index (χ0n) is 19.5. The molecule has 3 aromatic carbocycles. The van der Waals surface area contributed by atoms with Crippen molar-refractivity contribution >= 4 is 23.6 Å². The molecule has 0 bridgehead atoms. The molecule has 0 spiro atoms. The molecule has 0 fully saturated rings. The number of nitrogens with zero attached hydrogens (tertiary/aromatic N) is 1. The molecule has 0 unspecified atom stereocenters. The maximum atomic E-state index is 13.5. The maximum absolute atomic E-state index is 13.5. The fourth-order valence-corrected chi connectivity index (χ4v) is 4.38. The molecule has 0 saturated carbocycles. The lowest BCUT2D eigenvalue weighted by Gasteiger charge is -2.32. The number of hydrogen-bond acceptors (Lipinski definition) is 3. The summed E-state index contributed by atoms with van der Waals surface area (Å²) < 4.78 is 0. The summed E-state index contributed by atoms with van der Waals surface area (Å²) in [6, 6.07) is 27.3. The second-order valence-corrected chi connectivity index (χ2v) is 9.53. The van der Waals surface area contributed by atoms with Crippen LogP contribution in [0.3, 0.4) is 0 Å².